The van der Waals surface area contributed by atoms with E-state index in [-0.39, 0.29) is 5.54 Å². The topological polar surface area (TPSA) is 24.9 Å². The number of nitrogens with zero attached hydrogens (tertiary/aromatic N) is 1. The maximum absolute atomic E-state index is 6.11. The van der Waals surface area contributed by atoms with Crippen molar-refractivity contribution in [2.75, 3.05) is 11.2 Å². The Morgan fingerprint density at radius 1 is 1.29 bits per heavy atom. The molecule has 0 aliphatic rings. The van der Waals surface area contributed by atoms with Gasteiger partial charge >= 0.3 is 0 Å². The van der Waals surface area contributed by atoms with Gasteiger partial charge in [0, 0.05) is 11.3 Å². The van der Waals surface area contributed by atoms with Gasteiger partial charge in [-0.2, -0.15) is 4.37 Å². The number of benzene rings is 1. The summed E-state index contributed by atoms with van der Waals surface area (Å²) < 4.78 is 4.44. The Kier molecular flexibility index (Phi) is 3.89. The summed E-state index contributed by atoms with van der Waals surface area (Å²) in [6.45, 7) is 4.34. The van der Waals surface area contributed by atoms with Crippen LogP contribution in [0, 0.1) is 0 Å². The van der Waals surface area contributed by atoms with Gasteiger partial charge in [-0.3, -0.25) is 0 Å². The quantitative estimate of drug-likeness (QED) is 0.808. The van der Waals surface area contributed by atoms with E-state index >= 15 is 0 Å². The van der Waals surface area contributed by atoms with Crippen molar-refractivity contribution in [3.05, 3.63) is 24.3 Å². The fourth-order valence-corrected chi connectivity index (χ4v) is 3.20. The minimum atomic E-state index is -0.0170. The number of halogens is 1. The molecule has 2 nitrogen and oxygen atoms in total. The van der Waals surface area contributed by atoms with E-state index in [0.29, 0.717) is 5.88 Å². The molecule has 0 saturated heterocycles. The molecule has 0 aliphatic heterocycles. The first-order valence-electron chi connectivity index (χ1n) is 5.93. The number of fused-ring (bicyclic) bond motifs is 1. The number of rotatable bonds is 5. The SMILES string of the molecule is CCC(CC)(CCl)Nc1snc2ccccc12. The van der Waals surface area contributed by atoms with Gasteiger partial charge in [0.25, 0.3) is 0 Å². The Morgan fingerprint density at radius 2 is 2.00 bits per heavy atom. The van der Waals surface area contributed by atoms with Crippen LogP contribution in [0.4, 0.5) is 5.00 Å². The molecule has 1 heterocycles. The van der Waals surface area contributed by atoms with Crippen molar-refractivity contribution in [1.29, 1.82) is 0 Å². The molecule has 0 unspecified atom stereocenters. The van der Waals surface area contributed by atoms with E-state index in [0.717, 1.165) is 23.4 Å². The normalized spacial score (nSPS) is 11.9. The number of nitrogens with one attached hydrogen (secondary N) is 1. The molecular formula is C13H17ClN2S. The van der Waals surface area contributed by atoms with E-state index in [4.69, 9.17) is 11.6 Å². The van der Waals surface area contributed by atoms with Crippen molar-refractivity contribution in [2.24, 2.45) is 0 Å². The monoisotopic (exact) mass is 268 g/mol. The van der Waals surface area contributed by atoms with Crippen molar-refractivity contribution in [1.82, 2.24) is 4.37 Å². The fraction of sp³-hybridized carbons (Fsp3) is 0.462. The van der Waals surface area contributed by atoms with E-state index in [1.807, 2.05) is 18.2 Å². The number of hydrogen-bond donors (Lipinski definition) is 1. The molecule has 0 radical (unpaired) electrons. The molecule has 4 heteroatoms. The molecule has 2 aromatic rings. The number of anilines is 1. The van der Waals surface area contributed by atoms with Crippen LogP contribution >= 0.6 is 23.1 Å². The van der Waals surface area contributed by atoms with Crippen LogP contribution in [-0.2, 0) is 0 Å². The third-order valence-corrected chi connectivity index (χ3v) is 4.68. The summed E-state index contributed by atoms with van der Waals surface area (Å²) in [6, 6.07) is 8.20. The van der Waals surface area contributed by atoms with Gasteiger partial charge in [0.2, 0.25) is 0 Å². The van der Waals surface area contributed by atoms with Crippen LogP contribution < -0.4 is 5.32 Å². The maximum Gasteiger partial charge on any atom is 0.117 e. The summed E-state index contributed by atoms with van der Waals surface area (Å²) in [4.78, 5) is 0. The Balaban J connectivity index is 2.34. The Hall–Kier alpha value is -0.800. The first-order valence-corrected chi connectivity index (χ1v) is 7.24. The summed E-state index contributed by atoms with van der Waals surface area (Å²) >= 11 is 7.63. The van der Waals surface area contributed by atoms with Gasteiger partial charge in [0.1, 0.15) is 5.00 Å². The van der Waals surface area contributed by atoms with Crippen LogP contribution in [0.3, 0.4) is 0 Å². The molecule has 0 fully saturated rings. The lowest BCUT2D eigenvalue weighted by molar-refractivity contribution is 0.486. The van der Waals surface area contributed by atoms with E-state index in [1.165, 1.54) is 16.9 Å². The highest BCUT2D eigenvalue weighted by Gasteiger charge is 2.26. The smallest absolute Gasteiger partial charge is 0.117 e. The first kappa shape index (κ1) is 12.7. The number of aromatic nitrogens is 1. The highest BCUT2D eigenvalue weighted by molar-refractivity contribution is 7.11. The molecule has 1 aromatic carbocycles. The van der Waals surface area contributed by atoms with Crippen LogP contribution in [0.2, 0.25) is 0 Å². The Labute approximate surface area is 111 Å². The Bertz CT molecular complexity index is 483. The van der Waals surface area contributed by atoms with Crippen LogP contribution in [0.15, 0.2) is 24.3 Å². The van der Waals surface area contributed by atoms with Gasteiger partial charge in [0.05, 0.1) is 11.1 Å². The lowest BCUT2D eigenvalue weighted by Crippen LogP contribution is -2.38. The standard InChI is InChI=1S/C13H17ClN2S/c1-3-13(4-2,9-14)15-12-10-7-5-6-8-11(10)16-17-12/h5-8,15H,3-4,9H2,1-2H3. The second-order valence-corrected chi connectivity index (χ2v) is 5.32. The summed E-state index contributed by atoms with van der Waals surface area (Å²) in [5, 5.41) is 5.91. The zero-order valence-corrected chi connectivity index (χ0v) is 11.7. The molecule has 92 valence electrons. The minimum absolute atomic E-state index is 0.0170. The lowest BCUT2D eigenvalue weighted by atomic mass is 9.95. The second-order valence-electron chi connectivity index (χ2n) is 4.27. The van der Waals surface area contributed by atoms with E-state index in [1.54, 1.807) is 0 Å². The third-order valence-electron chi connectivity index (χ3n) is 3.37. The molecule has 1 aromatic heterocycles. The van der Waals surface area contributed by atoms with Crippen molar-refractivity contribution in [3.8, 4) is 0 Å². The van der Waals surface area contributed by atoms with Gasteiger partial charge < -0.3 is 5.32 Å². The third kappa shape index (κ3) is 2.40. The van der Waals surface area contributed by atoms with E-state index in [9.17, 15) is 0 Å². The molecule has 0 atom stereocenters. The zero-order chi connectivity index (χ0) is 12.3. The summed E-state index contributed by atoms with van der Waals surface area (Å²) in [5.41, 5.74) is 1.03. The van der Waals surface area contributed by atoms with Gasteiger partial charge in [-0.05, 0) is 36.5 Å². The molecule has 0 bridgehead atoms. The van der Waals surface area contributed by atoms with Gasteiger partial charge in [-0.25, -0.2) is 0 Å². The lowest BCUT2D eigenvalue weighted by Gasteiger charge is -2.31. The average molecular weight is 269 g/mol. The molecule has 0 aliphatic carbocycles. The molecule has 0 amide bonds. The zero-order valence-electron chi connectivity index (χ0n) is 10.2. The van der Waals surface area contributed by atoms with E-state index < -0.39 is 0 Å². The molecule has 17 heavy (non-hydrogen) atoms. The van der Waals surface area contributed by atoms with Crippen molar-refractivity contribution < 1.29 is 0 Å². The average Bonchev–Trinajstić information content (AvgIpc) is 2.79. The fourth-order valence-electron chi connectivity index (χ4n) is 1.87. The highest BCUT2D eigenvalue weighted by atomic mass is 35.5. The second kappa shape index (κ2) is 5.23. The molecule has 1 N–H and O–H groups in total. The predicted molar refractivity (Wildman–Crippen MR) is 77.3 cm³/mol. The molecular weight excluding hydrogens is 252 g/mol. The van der Waals surface area contributed by atoms with Crippen molar-refractivity contribution >= 4 is 39.0 Å². The minimum Gasteiger partial charge on any atom is -0.369 e. The van der Waals surface area contributed by atoms with Crippen molar-refractivity contribution in [2.45, 2.75) is 32.2 Å². The van der Waals surface area contributed by atoms with Crippen LogP contribution in [0.1, 0.15) is 26.7 Å². The summed E-state index contributed by atoms with van der Waals surface area (Å²) in [7, 11) is 0. The largest absolute Gasteiger partial charge is 0.369 e. The molecule has 2 rings (SSSR count). The van der Waals surface area contributed by atoms with Crippen LogP contribution in [0.5, 0.6) is 0 Å². The summed E-state index contributed by atoms with van der Waals surface area (Å²) in [6.07, 6.45) is 2.03. The maximum atomic E-state index is 6.11. The van der Waals surface area contributed by atoms with E-state index in [2.05, 4.69) is 29.6 Å². The Morgan fingerprint density at radius 3 is 2.65 bits per heavy atom. The molecule has 0 spiro atoms. The first-order chi connectivity index (χ1) is 8.24. The number of alkyl halides is 1. The van der Waals surface area contributed by atoms with Crippen molar-refractivity contribution in [3.63, 3.8) is 0 Å². The highest BCUT2D eigenvalue weighted by Crippen LogP contribution is 2.32. The summed E-state index contributed by atoms with van der Waals surface area (Å²) in [5.74, 6) is 0.617. The van der Waals surface area contributed by atoms with Gasteiger partial charge in [-0.1, -0.05) is 26.0 Å². The van der Waals surface area contributed by atoms with Gasteiger partial charge in [-0.15, -0.1) is 11.6 Å². The van der Waals surface area contributed by atoms with Crippen LogP contribution in [-0.4, -0.2) is 15.8 Å². The van der Waals surface area contributed by atoms with Gasteiger partial charge in [0.15, 0.2) is 0 Å². The molecule has 0 saturated carbocycles. The number of hydrogen-bond acceptors (Lipinski definition) is 3. The van der Waals surface area contributed by atoms with Crippen LogP contribution in [0.25, 0.3) is 10.9 Å². The predicted octanol–water partition coefficient (Wildman–Crippen LogP) is 4.51.